The summed E-state index contributed by atoms with van der Waals surface area (Å²) in [7, 11) is -4.37. The van der Waals surface area contributed by atoms with Gasteiger partial charge in [0, 0.05) is 0 Å². The van der Waals surface area contributed by atoms with Crippen molar-refractivity contribution in [1.29, 1.82) is 0 Å². The van der Waals surface area contributed by atoms with Gasteiger partial charge in [-0.05, 0) is 25.1 Å². The molecule has 6 nitrogen and oxygen atoms in total. The summed E-state index contributed by atoms with van der Waals surface area (Å²) in [6, 6.07) is 0.893. The van der Waals surface area contributed by atoms with Crippen LogP contribution in [0.3, 0.4) is 0 Å². The first kappa shape index (κ1) is 15.8. The second-order valence-corrected chi connectivity index (χ2v) is 5.84. The van der Waals surface area contributed by atoms with E-state index in [1.165, 1.54) is 0 Å². The summed E-state index contributed by atoms with van der Waals surface area (Å²) in [4.78, 5) is 10.2. The van der Waals surface area contributed by atoms with Crippen molar-refractivity contribution in [3.63, 3.8) is 0 Å². The molecule has 0 saturated heterocycles. The van der Waals surface area contributed by atoms with Gasteiger partial charge in [-0.1, -0.05) is 11.6 Å². The van der Waals surface area contributed by atoms with Crippen LogP contribution in [0.25, 0.3) is 0 Å². The van der Waals surface area contributed by atoms with Crippen LogP contribution in [0.15, 0.2) is 23.1 Å². The molecule has 1 aromatic rings. The Morgan fingerprint density at radius 2 is 2.05 bits per heavy atom. The highest BCUT2D eigenvalue weighted by molar-refractivity contribution is 7.89. The van der Waals surface area contributed by atoms with Gasteiger partial charge < -0.3 is 10.2 Å². The molecule has 9 heteroatoms. The summed E-state index contributed by atoms with van der Waals surface area (Å²) in [5.41, 5.74) is 0. The Hall–Kier alpha value is -1.22. The molecule has 0 saturated carbocycles. The molecular weight excluding hydrogens is 301 g/mol. The second-order valence-electron chi connectivity index (χ2n) is 3.75. The molecule has 0 radical (unpaired) electrons. The third kappa shape index (κ3) is 3.87. The van der Waals surface area contributed by atoms with Crippen molar-refractivity contribution in [2.24, 2.45) is 0 Å². The molecule has 0 spiro atoms. The number of aliphatic hydroxyl groups is 1. The number of rotatable bonds is 5. The molecule has 0 bridgehead atoms. The van der Waals surface area contributed by atoms with Gasteiger partial charge in [-0.3, -0.25) is 4.79 Å². The van der Waals surface area contributed by atoms with Gasteiger partial charge in [0.2, 0.25) is 10.0 Å². The van der Waals surface area contributed by atoms with Crippen LogP contribution in [-0.2, 0) is 14.8 Å². The summed E-state index contributed by atoms with van der Waals surface area (Å²) in [5.74, 6) is -2.40. The maximum Gasteiger partial charge on any atom is 0.324 e. The van der Waals surface area contributed by atoms with E-state index in [-0.39, 0.29) is 5.02 Å². The third-order valence-corrected chi connectivity index (χ3v) is 4.14. The summed E-state index contributed by atoms with van der Waals surface area (Å²) in [6.07, 6.45) is -1.47. The maximum absolute atomic E-state index is 13.0. The number of sulfonamides is 1. The highest BCUT2D eigenvalue weighted by Gasteiger charge is 2.30. The standard InChI is InChI=1S/C10H11ClFNO5S/c1-5(14)9(10(15)16)13-19(17,18)8-4-6(12)2-3-7(8)11/h2-5,9,13-14H,1H3,(H,15,16). The Balaban J connectivity index is 3.17. The van der Waals surface area contributed by atoms with Crippen LogP contribution in [-0.4, -0.2) is 36.7 Å². The van der Waals surface area contributed by atoms with Crippen LogP contribution in [0.2, 0.25) is 5.02 Å². The highest BCUT2D eigenvalue weighted by Crippen LogP contribution is 2.22. The van der Waals surface area contributed by atoms with Crippen molar-refractivity contribution in [2.75, 3.05) is 0 Å². The minimum atomic E-state index is -4.37. The first-order chi connectivity index (χ1) is 8.65. The van der Waals surface area contributed by atoms with E-state index in [4.69, 9.17) is 16.7 Å². The summed E-state index contributed by atoms with van der Waals surface area (Å²) < 4.78 is 38.5. The predicted molar refractivity (Wildman–Crippen MR) is 64.8 cm³/mol. The number of benzene rings is 1. The lowest BCUT2D eigenvalue weighted by Gasteiger charge is -2.17. The molecule has 2 unspecified atom stereocenters. The smallest absolute Gasteiger partial charge is 0.324 e. The van der Waals surface area contributed by atoms with Crippen LogP contribution < -0.4 is 4.72 Å². The molecule has 0 aliphatic rings. The van der Waals surface area contributed by atoms with Gasteiger partial charge in [0.15, 0.2) is 0 Å². The fourth-order valence-electron chi connectivity index (χ4n) is 1.27. The maximum atomic E-state index is 13.0. The fraction of sp³-hybridized carbons (Fsp3) is 0.300. The van der Waals surface area contributed by atoms with Gasteiger partial charge in [-0.25, -0.2) is 12.8 Å². The number of aliphatic hydroxyl groups excluding tert-OH is 1. The molecule has 19 heavy (non-hydrogen) atoms. The largest absolute Gasteiger partial charge is 0.480 e. The Morgan fingerprint density at radius 1 is 1.47 bits per heavy atom. The minimum absolute atomic E-state index is 0.261. The molecule has 0 aliphatic heterocycles. The third-order valence-electron chi connectivity index (χ3n) is 2.21. The van der Waals surface area contributed by atoms with E-state index >= 15 is 0 Å². The van der Waals surface area contributed by atoms with Crippen molar-refractivity contribution in [2.45, 2.75) is 24.0 Å². The van der Waals surface area contributed by atoms with E-state index in [2.05, 4.69) is 0 Å². The number of aliphatic carboxylic acids is 1. The van der Waals surface area contributed by atoms with Crippen LogP contribution >= 0.6 is 11.6 Å². The molecule has 2 atom stereocenters. The van der Waals surface area contributed by atoms with Gasteiger partial charge in [0.25, 0.3) is 0 Å². The van der Waals surface area contributed by atoms with Gasteiger partial charge in [-0.2, -0.15) is 4.72 Å². The number of nitrogens with one attached hydrogen (secondary N) is 1. The zero-order valence-corrected chi connectivity index (χ0v) is 11.2. The van der Waals surface area contributed by atoms with E-state index in [9.17, 15) is 22.7 Å². The van der Waals surface area contributed by atoms with E-state index in [0.29, 0.717) is 6.07 Å². The molecule has 0 amide bonds. The normalized spacial score (nSPS) is 14.9. The van der Waals surface area contributed by atoms with Gasteiger partial charge >= 0.3 is 5.97 Å². The van der Waals surface area contributed by atoms with Crippen molar-refractivity contribution < 1.29 is 27.8 Å². The number of carbonyl (C=O) groups is 1. The number of carboxylic acids is 1. The summed E-state index contributed by atoms with van der Waals surface area (Å²) in [6.45, 7) is 1.11. The average Bonchev–Trinajstić information content (AvgIpc) is 2.28. The van der Waals surface area contributed by atoms with Gasteiger partial charge in [0.1, 0.15) is 16.8 Å². The molecule has 3 N–H and O–H groups in total. The lowest BCUT2D eigenvalue weighted by atomic mass is 10.2. The fourth-order valence-corrected chi connectivity index (χ4v) is 3.04. The monoisotopic (exact) mass is 311 g/mol. The lowest BCUT2D eigenvalue weighted by molar-refractivity contribution is -0.141. The molecular formula is C10H11ClFNO5S. The molecule has 0 fully saturated rings. The predicted octanol–water partition coefficient (Wildman–Crippen LogP) is 0.591. The van der Waals surface area contributed by atoms with Crippen molar-refractivity contribution in [3.05, 3.63) is 29.0 Å². The van der Waals surface area contributed by atoms with E-state index in [1.54, 1.807) is 4.72 Å². The molecule has 0 aliphatic carbocycles. The SMILES string of the molecule is CC(O)C(NS(=O)(=O)c1cc(F)ccc1Cl)C(=O)O. The first-order valence-electron chi connectivity index (χ1n) is 5.03. The van der Waals surface area contributed by atoms with Gasteiger partial charge in [0.05, 0.1) is 11.1 Å². The number of hydrogen-bond acceptors (Lipinski definition) is 4. The van der Waals surface area contributed by atoms with Crippen molar-refractivity contribution in [1.82, 2.24) is 4.72 Å². The Morgan fingerprint density at radius 3 is 2.53 bits per heavy atom. The Bertz CT molecular complexity index is 590. The second kappa shape index (κ2) is 5.83. The molecule has 106 valence electrons. The van der Waals surface area contributed by atoms with Crippen LogP contribution in [0.5, 0.6) is 0 Å². The van der Waals surface area contributed by atoms with Gasteiger partial charge in [-0.15, -0.1) is 0 Å². The van der Waals surface area contributed by atoms with E-state index in [0.717, 1.165) is 19.1 Å². The lowest BCUT2D eigenvalue weighted by Crippen LogP contribution is -2.47. The highest BCUT2D eigenvalue weighted by atomic mass is 35.5. The van der Waals surface area contributed by atoms with Crippen LogP contribution in [0, 0.1) is 5.82 Å². The Kier molecular flexibility index (Phi) is 4.86. The quantitative estimate of drug-likeness (QED) is 0.738. The topological polar surface area (TPSA) is 104 Å². The summed E-state index contributed by atoms with van der Waals surface area (Å²) >= 11 is 5.63. The van der Waals surface area contributed by atoms with E-state index < -0.39 is 38.9 Å². The minimum Gasteiger partial charge on any atom is -0.480 e. The van der Waals surface area contributed by atoms with Crippen LogP contribution in [0.4, 0.5) is 4.39 Å². The molecule has 0 aromatic heterocycles. The van der Waals surface area contributed by atoms with Crippen molar-refractivity contribution in [3.8, 4) is 0 Å². The number of halogens is 2. The zero-order chi connectivity index (χ0) is 14.8. The zero-order valence-electron chi connectivity index (χ0n) is 9.67. The molecule has 0 heterocycles. The molecule has 1 rings (SSSR count). The number of carboxylic acid groups (broad SMARTS) is 1. The Labute approximate surface area is 113 Å². The molecule has 1 aromatic carbocycles. The number of hydrogen-bond donors (Lipinski definition) is 3. The average molecular weight is 312 g/mol. The van der Waals surface area contributed by atoms with Crippen LogP contribution in [0.1, 0.15) is 6.92 Å². The van der Waals surface area contributed by atoms with Crippen molar-refractivity contribution >= 4 is 27.6 Å². The summed E-state index contributed by atoms with van der Waals surface area (Å²) in [5, 5.41) is 17.7. The first-order valence-corrected chi connectivity index (χ1v) is 6.89. The van der Waals surface area contributed by atoms with E-state index in [1.807, 2.05) is 0 Å².